The predicted octanol–water partition coefficient (Wildman–Crippen LogP) is 3.99. The molecule has 0 saturated carbocycles. The van der Waals surface area contributed by atoms with E-state index in [2.05, 4.69) is 0 Å². The van der Waals surface area contributed by atoms with E-state index in [1.807, 2.05) is 28.8 Å². The third kappa shape index (κ3) is 2.78. The molecule has 0 aliphatic rings. The summed E-state index contributed by atoms with van der Waals surface area (Å²) in [6.07, 6.45) is -2.95. The first-order valence-corrected chi connectivity index (χ1v) is 5.70. The van der Waals surface area contributed by atoms with Gasteiger partial charge in [-0.25, -0.2) is 0 Å². The van der Waals surface area contributed by atoms with Gasteiger partial charge in [0.15, 0.2) is 0 Å². The minimum absolute atomic E-state index is 0.0878. The minimum Gasteiger partial charge on any atom is -0.496 e. The van der Waals surface area contributed by atoms with Crippen molar-refractivity contribution in [2.24, 2.45) is 0 Å². The summed E-state index contributed by atoms with van der Waals surface area (Å²) >= 11 is 0. The van der Waals surface area contributed by atoms with E-state index in [4.69, 9.17) is 4.74 Å². The first kappa shape index (κ1) is 12.8. The zero-order valence-electron chi connectivity index (χ0n) is 10.00. The van der Waals surface area contributed by atoms with Crippen LogP contribution in [0.5, 0.6) is 5.75 Å². The van der Waals surface area contributed by atoms with Crippen LogP contribution in [0.3, 0.4) is 0 Å². The fourth-order valence-electron chi connectivity index (χ4n) is 2.02. The largest absolute Gasteiger partial charge is 0.496 e. The molecule has 0 N–H and O–H groups in total. The molecule has 2 rings (SSSR count). The van der Waals surface area contributed by atoms with E-state index in [0.29, 0.717) is 6.54 Å². The summed E-state index contributed by atoms with van der Waals surface area (Å²) in [7, 11) is 1.58. The van der Waals surface area contributed by atoms with Crippen LogP contribution in [0, 0.1) is 0 Å². The van der Waals surface area contributed by atoms with Gasteiger partial charge < -0.3 is 9.30 Å². The lowest BCUT2D eigenvalue weighted by Crippen LogP contribution is -2.08. The molecule has 0 atom stereocenters. The second-order valence-corrected chi connectivity index (χ2v) is 4.12. The summed E-state index contributed by atoms with van der Waals surface area (Å²) in [5.74, 6) is 0.738. The van der Waals surface area contributed by atoms with Crippen LogP contribution >= 0.6 is 0 Å². The highest BCUT2D eigenvalue weighted by atomic mass is 19.4. The molecule has 0 aliphatic heterocycles. The highest BCUT2D eigenvalue weighted by Gasteiger charge is 2.26. The zero-order valence-corrected chi connectivity index (χ0v) is 10.00. The molecule has 0 spiro atoms. The first-order valence-electron chi connectivity index (χ1n) is 5.70. The lowest BCUT2D eigenvalue weighted by molar-refractivity contribution is -0.135. The molecule has 0 unspecified atom stereocenters. The third-order valence-electron chi connectivity index (χ3n) is 2.85. The highest BCUT2D eigenvalue weighted by molar-refractivity contribution is 5.86. The Bertz CT molecular complexity index is 531. The quantitative estimate of drug-likeness (QED) is 0.807. The van der Waals surface area contributed by atoms with E-state index in [-0.39, 0.29) is 6.42 Å². The second kappa shape index (κ2) is 4.92. The van der Waals surface area contributed by atoms with Gasteiger partial charge >= 0.3 is 6.18 Å². The van der Waals surface area contributed by atoms with Gasteiger partial charge in [-0.1, -0.05) is 6.07 Å². The number of ether oxygens (including phenoxy) is 1. The van der Waals surface area contributed by atoms with Crippen molar-refractivity contribution in [1.82, 2.24) is 4.57 Å². The number of nitrogens with zero attached hydrogens (tertiary/aromatic N) is 1. The maximum absolute atomic E-state index is 12.1. The van der Waals surface area contributed by atoms with Crippen molar-refractivity contribution in [3.63, 3.8) is 0 Å². The molecule has 2 nitrogen and oxygen atoms in total. The van der Waals surface area contributed by atoms with Gasteiger partial charge in [0.05, 0.1) is 12.6 Å². The van der Waals surface area contributed by atoms with Gasteiger partial charge in [-0.3, -0.25) is 0 Å². The average Bonchev–Trinajstić information content (AvgIpc) is 2.71. The predicted molar refractivity (Wildman–Crippen MR) is 63.8 cm³/mol. The van der Waals surface area contributed by atoms with Gasteiger partial charge in [0.2, 0.25) is 0 Å². The Hall–Kier alpha value is -1.65. The van der Waals surface area contributed by atoms with Crippen LogP contribution < -0.4 is 4.74 Å². The Kier molecular flexibility index (Phi) is 3.50. The Morgan fingerprint density at radius 3 is 2.67 bits per heavy atom. The molecule has 1 aromatic carbocycles. The minimum atomic E-state index is -4.08. The van der Waals surface area contributed by atoms with Gasteiger partial charge in [-0.15, -0.1) is 0 Å². The standard InChI is InChI=1S/C13H14F3NO/c1-18-12-5-2-4-11-10(12)6-9-17(11)8-3-7-13(14,15)16/h2,4-6,9H,3,7-8H2,1H3. The van der Waals surface area contributed by atoms with Gasteiger partial charge in [-0.2, -0.15) is 13.2 Å². The summed E-state index contributed by atoms with van der Waals surface area (Å²) < 4.78 is 43.3. The molecule has 98 valence electrons. The Morgan fingerprint density at radius 1 is 1.22 bits per heavy atom. The van der Waals surface area contributed by atoms with E-state index < -0.39 is 12.6 Å². The molecule has 0 amide bonds. The van der Waals surface area contributed by atoms with Crippen LogP contribution in [-0.4, -0.2) is 17.9 Å². The Morgan fingerprint density at radius 2 is 2.00 bits per heavy atom. The van der Waals surface area contributed by atoms with E-state index in [9.17, 15) is 13.2 Å². The zero-order chi connectivity index (χ0) is 13.2. The number of aromatic nitrogens is 1. The van der Waals surface area contributed by atoms with Crippen LogP contribution in [0.4, 0.5) is 13.2 Å². The third-order valence-corrected chi connectivity index (χ3v) is 2.85. The van der Waals surface area contributed by atoms with Crippen molar-refractivity contribution < 1.29 is 17.9 Å². The number of aryl methyl sites for hydroxylation is 1. The number of benzene rings is 1. The molecular formula is C13H14F3NO. The normalized spacial score (nSPS) is 12.0. The molecule has 0 fully saturated rings. The molecule has 2 aromatic rings. The average molecular weight is 257 g/mol. The topological polar surface area (TPSA) is 14.2 Å². The number of methoxy groups -OCH3 is 1. The molecule has 18 heavy (non-hydrogen) atoms. The fraction of sp³-hybridized carbons (Fsp3) is 0.385. The first-order chi connectivity index (χ1) is 8.51. The van der Waals surface area contributed by atoms with E-state index in [1.54, 1.807) is 13.3 Å². The molecule has 5 heteroatoms. The van der Waals surface area contributed by atoms with Crippen molar-refractivity contribution in [3.05, 3.63) is 30.5 Å². The maximum atomic E-state index is 12.1. The molecule has 0 bridgehead atoms. The number of rotatable bonds is 4. The van der Waals surface area contributed by atoms with Gasteiger partial charge in [0.25, 0.3) is 0 Å². The number of alkyl halides is 3. The van der Waals surface area contributed by atoms with E-state index >= 15 is 0 Å². The van der Waals surface area contributed by atoms with Crippen LogP contribution in [-0.2, 0) is 6.54 Å². The van der Waals surface area contributed by atoms with Crippen LogP contribution in [0.2, 0.25) is 0 Å². The van der Waals surface area contributed by atoms with Crippen molar-refractivity contribution in [2.75, 3.05) is 7.11 Å². The Labute approximate surface area is 103 Å². The van der Waals surface area contributed by atoms with Gasteiger partial charge in [0, 0.05) is 24.5 Å². The SMILES string of the molecule is COc1cccc2c1ccn2CCCC(F)(F)F. The summed E-state index contributed by atoms with van der Waals surface area (Å²) in [5.41, 5.74) is 0.900. The Balaban J connectivity index is 2.15. The smallest absolute Gasteiger partial charge is 0.389 e. The fourth-order valence-corrected chi connectivity index (χ4v) is 2.02. The van der Waals surface area contributed by atoms with Crippen LogP contribution in [0.1, 0.15) is 12.8 Å². The van der Waals surface area contributed by atoms with Crippen molar-refractivity contribution in [3.8, 4) is 5.75 Å². The molecule has 1 aromatic heterocycles. The molecule has 0 aliphatic carbocycles. The van der Waals surface area contributed by atoms with Crippen molar-refractivity contribution >= 4 is 10.9 Å². The van der Waals surface area contributed by atoms with Crippen LogP contribution in [0.25, 0.3) is 10.9 Å². The van der Waals surface area contributed by atoms with Gasteiger partial charge in [-0.05, 0) is 24.6 Å². The lowest BCUT2D eigenvalue weighted by Gasteiger charge is -2.08. The lowest BCUT2D eigenvalue weighted by atomic mass is 10.2. The molecule has 1 heterocycles. The van der Waals surface area contributed by atoms with Crippen molar-refractivity contribution in [2.45, 2.75) is 25.6 Å². The molecular weight excluding hydrogens is 243 g/mol. The van der Waals surface area contributed by atoms with Crippen molar-refractivity contribution in [1.29, 1.82) is 0 Å². The number of hydrogen-bond acceptors (Lipinski definition) is 1. The number of fused-ring (bicyclic) bond motifs is 1. The number of halogens is 3. The summed E-state index contributed by atoms with van der Waals surface area (Å²) in [5, 5.41) is 0.923. The van der Waals surface area contributed by atoms with E-state index in [0.717, 1.165) is 16.7 Å². The maximum Gasteiger partial charge on any atom is 0.389 e. The molecule has 0 radical (unpaired) electrons. The van der Waals surface area contributed by atoms with E-state index in [1.165, 1.54) is 0 Å². The summed E-state index contributed by atoms with van der Waals surface area (Å²) in [6, 6.07) is 7.41. The number of hydrogen-bond donors (Lipinski definition) is 0. The monoisotopic (exact) mass is 257 g/mol. The highest BCUT2D eigenvalue weighted by Crippen LogP contribution is 2.27. The molecule has 0 saturated heterocycles. The van der Waals surface area contributed by atoms with Crippen LogP contribution in [0.15, 0.2) is 30.5 Å². The second-order valence-electron chi connectivity index (χ2n) is 4.12. The summed E-state index contributed by atoms with van der Waals surface area (Å²) in [4.78, 5) is 0. The van der Waals surface area contributed by atoms with Gasteiger partial charge in [0.1, 0.15) is 5.75 Å². The summed E-state index contributed by atoms with van der Waals surface area (Å²) in [6.45, 7) is 0.357.